The van der Waals surface area contributed by atoms with Crippen LogP contribution in [0.2, 0.25) is 0 Å². The van der Waals surface area contributed by atoms with Crippen LogP contribution in [-0.4, -0.2) is 17.1 Å². The third kappa shape index (κ3) is 2.62. The van der Waals surface area contributed by atoms with Crippen LogP contribution in [0.1, 0.15) is 6.92 Å². The number of hydrogen-bond acceptors (Lipinski definition) is 3. The van der Waals surface area contributed by atoms with Gasteiger partial charge in [-0.15, -0.1) is 0 Å². The summed E-state index contributed by atoms with van der Waals surface area (Å²) >= 11 is 0. The number of benzene rings is 1. The summed E-state index contributed by atoms with van der Waals surface area (Å²) in [4.78, 5) is 23.0. The summed E-state index contributed by atoms with van der Waals surface area (Å²) in [7, 11) is 0. The van der Waals surface area contributed by atoms with Crippen LogP contribution in [0.25, 0.3) is 10.9 Å². The van der Waals surface area contributed by atoms with Gasteiger partial charge in [0.25, 0.3) is 0 Å². The number of hydrogen-bond donors (Lipinski definition) is 0. The summed E-state index contributed by atoms with van der Waals surface area (Å²) in [6, 6.07) is 2.77. The highest BCUT2D eigenvalue weighted by atomic mass is 19.1. The van der Waals surface area contributed by atoms with E-state index >= 15 is 0 Å². The second-order valence-corrected chi connectivity index (χ2v) is 3.90. The molecule has 0 aliphatic carbocycles. The van der Waals surface area contributed by atoms with E-state index in [9.17, 15) is 18.4 Å². The Morgan fingerprint density at radius 3 is 2.79 bits per heavy atom. The molecule has 100 valence electrons. The minimum absolute atomic E-state index is 0.107. The Bertz CT molecular complexity index is 694. The number of pyridine rings is 1. The summed E-state index contributed by atoms with van der Waals surface area (Å²) in [6.45, 7) is 1.61. The predicted octanol–water partition coefficient (Wildman–Crippen LogP) is 1.84. The molecule has 1 aromatic carbocycles. The van der Waals surface area contributed by atoms with Gasteiger partial charge in [-0.2, -0.15) is 0 Å². The van der Waals surface area contributed by atoms with Gasteiger partial charge in [0.05, 0.1) is 17.5 Å². The van der Waals surface area contributed by atoms with E-state index in [2.05, 4.69) is 0 Å². The average molecular weight is 267 g/mol. The van der Waals surface area contributed by atoms with Crippen molar-refractivity contribution in [3.8, 4) is 0 Å². The summed E-state index contributed by atoms with van der Waals surface area (Å²) in [5.74, 6) is -2.29. The van der Waals surface area contributed by atoms with Crippen LogP contribution >= 0.6 is 0 Å². The average Bonchev–Trinajstić information content (AvgIpc) is 2.33. The molecule has 2 aromatic rings. The Hall–Kier alpha value is -2.24. The monoisotopic (exact) mass is 267 g/mol. The molecule has 0 N–H and O–H groups in total. The third-order valence-electron chi connectivity index (χ3n) is 2.59. The summed E-state index contributed by atoms with van der Waals surface area (Å²) in [6.07, 6.45) is 1.28. The Balaban J connectivity index is 2.60. The molecule has 4 nitrogen and oxygen atoms in total. The molecule has 0 fully saturated rings. The number of esters is 1. The molecule has 0 unspecified atom stereocenters. The van der Waals surface area contributed by atoms with Gasteiger partial charge in [0.2, 0.25) is 0 Å². The lowest BCUT2D eigenvalue weighted by Gasteiger charge is -2.10. The first kappa shape index (κ1) is 13.2. The quantitative estimate of drug-likeness (QED) is 0.797. The first-order valence-corrected chi connectivity index (χ1v) is 5.66. The maximum Gasteiger partial charge on any atom is 0.325 e. The number of carbonyl (C=O) groups is 1. The number of fused-ring (bicyclic) bond motifs is 1. The molecule has 0 bridgehead atoms. The molecule has 0 spiro atoms. The maximum atomic E-state index is 13.8. The lowest BCUT2D eigenvalue weighted by molar-refractivity contribution is -0.143. The van der Waals surface area contributed by atoms with Crippen LogP contribution in [0, 0.1) is 11.6 Å². The van der Waals surface area contributed by atoms with E-state index in [-0.39, 0.29) is 24.1 Å². The molecular weight excluding hydrogens is 256 g/mol. The molecule has 6 heteroatoms. The van der Waals surface area contributed by atoms with E-state index in [1.165, 1.54) is 10.8 Å². The van der Waals surface area contributed by atoms with Crippen molar-refractivity contribution >= 4 is 16.9 Å². The summed E-state index contributed by atoms with van der Waals surface area (Å²) < 4.78 is 32.9. The van der Waals surface area contributed by atoms with E-state index in [0.29, 0.717) is 6.07 Å². The van der Waals surface area contributed by atoms with E-state index in [0.717, 1.165) is 12.1 Å². The fourth-order valence-corrected chi connectivity index (χ4v) is 1.85. The Morgan fingerprint density at radius 1 is 1.37 bits per heavy atom. The SMILES string of the molecule is CCOC(=O)Cn1ccc(=O)c2cc(F)cc(F)c21. The minimum atomic E-state index is -0.892. The molecule has 1 aromatic heterocycles. The summed E-state index contributed by atoms with van der Waals surface area (Å²) in [5, 5.41) is -0.107. The van der Waals surface area contributed by atoms with Crippen molar-refractivity contribution in [2.75, 3.05) is 6.61 Å². The third-order valence-corrected chi connectivity index (χ3v) is 2.59. The van der Waals surface area contributed by atoms with E-state index in [1.807, 2.05) is 0 Å². The van der Waals surface area contributed by atoms with Gasteiger partial charge < -0.3 is 9.30 Å². The molecule has 0 aliphatic heterocycles. The van der Waals surface area contributed by atoms with Crippen molar-refractivity contribution < 1.29 is 18.3 Å². The van der Waals surface area contributed by atoms with E-state index < -0.39 is 23.0 Å². The lowest BCUT2D eigenvalue weighted by atomic mass is 10.2. The van der Waals surface area contributed by atoms with E-state index in [4.69, 9.17) is 4.74 Å². The van der Waals surface area contributed by atoms with Crippen molar-refractivity contribution in [2.24, 2.45) is 0 Å². The topological polar surface area (TPSA) is 48.3 Å². The second kappa shape index (κ2) is 5.17. The van der Waals surface area contributed by atoms with Crippen LogP contribution in [0.15, 0.2) is 29.2 Å². The number of nitrogens with zero attached hydrogens (tertiary/aromatic N) is 1. The van der Waals surface area contributed by atoms with Crippen molar-refractivity contribution in [3.63, 3.8) is 0 Å². The highest BCUT2D eigenvalue weighted by Crippen LogP contribution is 2.16. The van der Waals surface area contributed by atoms with Gasteiger partial charge in [0, 0.05) is 18.3 Å². The van der Waals surface area contributed by atoms with Crippen molar-refractivity contribution in [1.29, 1.82) is 0 Å². The number of carbonyl (C=O) groups excluding carboxylic acids is 1. The zero-order valence-corrected chi connectivity index (χ0v) is 10.2. The van der Waals surface area contributed by atoms with Gasteiger partial charge in [0.1, 0.15) is 12.4 Å². The van der Waals surface area contributed by atoms with Crippen molar-refractivity contribution in [3.05, 3.63) is 46.3 Å². The highest BCUT2D eigenvalue weighted by Gasteiger charge is 2.13. The molecule has 0 saturated carbocycles. The zero-order valence-electron chi connectivity index (χ0n) is 10.2. The van der Waals surface area contributed by atoms with Crippen LogP contribution in [-0.2, 0) is 16.1 Å². The molecular formula is C13H11F2NO3. The molecule has 1 heterocycles. The lowest BCUT2D eigenvalue weighted by Crippen LogP contribution is -2.17. The van der Waals surface area contributed by atoms with Gasteiger partial charge in [-0.1, -0.05) is 0 Å². The molecule has 0 atom stereocenters. The Morgan fingerprint density at radius 2 is 2.11 bits per heavy atom. The van der Waals surface area contributed by atoms with Crippen LogP contribution < -0.4 is 5.43 Å². The Kier molecular flexibility index (Phi) is 3.59. The normalized spacial score (nSPS) is 10.7. The molecule has 0 saturated heterocycles. The van der Waals surface area contributed by atoms with Gasteiger partial charge in [-0.05, 0) is 13.0 Å². The minimum Gasteiger partial charge on any atom is -0.465 e. The second-order valence-electron chi connectivity index (χ2n) is 3.90. The molecule has 0 amide bonds. The number of aromatic nitrogens is 1. The number of rotatable bonds is 3. The summed E-state index contributed by atoms with van der Waals surface area (Å²) in [5.41, 5.74) is -0.615. The van der Waals surface area contributed by atoms with Gasteiger partial charge in [-0.3, -0.25) is 9.59 Å². The van der Waals surface area contributed by atoms with Crippen LogP contribution in [0.4, 0.5) is 8.78 Å². The van der Waals surface area contributed by atoms with Crippen LogP contribution in [0.5, 0.6) is 0 Å². The standard InChI is InChI=1S/C13H11F2NO3/c1-2-19-12(18)7-16-4-3-11(17)9-5-8(14)6-10(15)13(9)16/h3-6H,2,7H2,1H3. The van der Waals surface area contributed by atoms with Gasteiger partial charge in [-0.25, -0.2) is 8.78 Å². The van der Waals surface area contributed by atoms with Crippen molar-refractivity contribution in [2.45, 2.75) is 13.5 Å². The van der Waals surface area contributed by atoms with Crippen molar-refractivity contribution in [1.82, 2.24) is 4.57 Å². The number of ether oxygens (including phenoxy) is 1. The fraction of sp³-hybridized carbons (Fsp3) is 0.231. The molecule has 19 heavy (non-hydrogen) atoms. The number of halogens is 2. The smallest absolute Gasteiger partial charge is 0.325 e. The largest absolute Gasteiger partial charge is 0.465 e. The predicted molar refractivity (Wildman–Crippen MR) is 64.8 cm³/mol. The molecule has 0 radical (unpaired) electrons. The van der Waals surface area contributed by atoms with E-state index in [1.54, 1.807) is 6.92 Å². The Labute approximate surface area is 107 Å². The van der Waals surface area contributed by atoms with Gasteiger partial charge >= 0.3 is 5.97 Å². The fourth-order valence-electron chi connectivity index (χ4n) is 1.85. The first-order chi connectivity index (χ1) is 9.02. The highest BCUT2D eigenvalue weighted by molar-refractivity contribution is 5.81. The molecule has 2 rings (SSSR count). The maximum absolute atomic E-state index is 13.8. The van der Waals surface area contributed by atoms with Crippen LogP contribution in [0.3, 0.4) is 0 Å². The molecule has 0 aliphatic rings. The first-order valence-electron chi connectivity index (χ1n) is 5.66. The van der Waals surface area contributed by atoms with Gasteiger partial charge in [0.15, 0.2) is 11.2 Å². The zero-order chi connectivity index (χ0) is 14.0.